The molecule has 0 bridgehead atoms. The number of benzene rings is 1. The number of nitrogens with one attached hydrogen (secondary N) is 3. The van der Waals surface area contributed by atoms with Gasteiger partial charge in [0.25, 0.3) is 0 Å². The summed E-state index contributed by atoms with van der Waals surface area (Å²) >= 11 is 0. The lowest BCUT2D eigenvalue weighted by atomic mass is 10.1. The standard InChI is InChI=1S/C17H24N4O3/c1-20-7-9-21(10-8-20)17(24)13-19-16(23)12-18-15(22)11-14-5-3-2-4-6-14/h2-6H,7-13H2,1H3,(H,18,22)(H,19,23)/p+1. The fourth-order valence-corrected chi connectivity index (χ4v) is 2.51. The van der Waals surface area contributed by atoms with E-state index in [1.807, 2.05) is 30.3 Å². The van der Waals surface area contributed by atoms with Crippen LogP contribution < -0.4 is 15.5 Å². The van der Waals surface area contributed by atoms with Gasteiger partial charge in [0, 0.05) is 0 Å². The van der Waals surface area contributed by atoms with Crippen LogP contribution in [0.4, 0.5) is 0 Å². The van der Waals surface area contributed by atoms with E-state index in [9.17, 15) is 14.4 Å². The van der Waals surface area contributed by atoms with Crippen LogP contribution in [0.5, 0.6) is 0 Å². The SMILES string of the molecule is C[NH+]1CCN(C(=O)CNC(=O)CNC(=O)Cc2ccccc2)CC1. The fourth-order valence-electron chi connectivity index (χ4n) is 2.51. The van der Waals surface area contributed by atoms with Crippen LogP contribution in [0.25, 0.3) is 0 Å². The number of hydrogen-bond acceptors (Lipinski definition) is 3. The summed E-state index contributed by atoms with van der Waals surface area (Å²) in [6.07, 6.45) is 0.233. The van der Waals surface area contributed by atoms with E-state index in [0.29, 0.717) is 13.1 Å². The van der Waals surface area contributed by atoms with Crippen LogP contribution in [0.1, 0.15) is 5.56 Å². The molecule has 3 N–H and O–H groups in total. The molecule has 0 radical (unpaired) electrons. The molecule has 130 valence electrons. The van der Waals surface area contributed by atoms with Gasteiger partial charge < -0.3 is 20.4 Å². The van der Waals surface area contributed by atoms with Crippen molar-refractivity contribution in [1.29, 1.82) is 0 Å². The van der Waals surface area contributed by atoms with E-state index < -0.39 is 0 Å². The number of rotatable bonds is 6. The van der Waals surface area contributed by atoms with E-state index in [1.165, 1.54) is 4.90 Å². The van der Waals surface area contributed by atoms with Crippen LogP contribution in [0, 0.1) is 0 Å². The van der Waals surface area contributed by atoms with Gasteiger partial charge in [0.15, 0.2) is 0 Å². The molecule has 1 aromatic carbocycles. The van der Waals surface area contributed by atoms with Crippen molar-refractivity contribution in [3.8, 4) is 0 Å². The number of hydrogen-bond donors (Lipinski definition) is 3. The van der Waals surface area contributed by atoms with Gasteiger partial charge in [-0.15, -0.1) is 0 Å². The van der Waals surface area contributed by atoms with Gasteiger partial charge in [0.05, 0.1) is 52.7 Å². The van der Waals surface area contributed by atoms with E-state index in [-0.39, 0.29) is 37.2 Å². The van der Waals surface area contributed by atoms with Crippen molar-refractivity contribution in [3.63, 3.8) is 0 Å². The monoisotopic (exact) mass is 333 g/mol. The lowest BCUT2D eigenvalue weighted by Gasteiger charge is -2.30. The van der Waals surface area contributed by atoms with E-state index in [2.05, 4.69) is 17.7 Å². The molecule has 24 heavy (non-hydrogen) atoms. The average Bonchev–Trinajstić information content (AvgIpc) is 2.59. The smallest absolute Gasteiger partial charge is 0.242 e. The summed E-state index contributed by atoms with van der Waals surface area (Å²) in [6.45, 7) is 3.14. The summed E-state index contributed by atoms with van der Waals surface area (Å²) in [5.41, 5.74) is 0.891. The second-order valence-electron chi connectivity index (χ2n) is 6.05. The summed E-state index contributed by atoms with van der Waals surface area (Å²) in [5.74, 6) is -0.652. The van der Waals surface area contributed by atoms with Crippen LogP contribution in [0.15, 0.2) is 30.3 Å². The maximum atomic E-state index is 12.0. The first-order valence-corrected chi connectivity index (χ1v) is 8.21. The highest BCUT2D eigenvalue weighted by atomic mass is 16.2. The molecular weight excluding hydrogens is 308 g/mol. The number of amides is 3. The van der Waals surface area contributed by atoms with Gasteiger partial charge in [0.1, 0.15) is 0 Å². The Morgan fingerprint density at radius 2 is 1.62 bits per heavy atom. The highest BCUT2D eigenvalue weighted by Crippen LogP contribution is 1.98. The highest BCUT2D eigenvalue weighted by molar-refractivity contribution is 5.88. The molecule has 1 aromatic rings. The van der Waals surface area contributed by atoms with E-state index >= 15 is 0 Å². The molecule has 1 heterocycles. The van der Waals surface area contributed by atoms with Crippen LogP contribution in [-0.2, 0) is 20.8 Å². The molecule has 1 aliphatic heterocycles. The molecular formula is C17H25N4O3+. The molecule has 0 aliphatic carbocycles. The largest absolute Gasteiger partial charge is 0.347 e. The molecule has 7 nitrogen and oxygen atoms in total. The summed E-state index contributed by atoms with van der Waals surface area (Å²) in [4.78, 5) is 38.7. The Morgan fingerprint density at radius 1 is 1.00 bits per heavy atom. The third kappa shape index (κ3) is 6.00. The molecule has 0 unspecified atom stereocenters. The quantitative estimate of drug-likeness (QED) is 0.553. The van der Waals surface area contributed by atoms with Crippen molar-refractivity contribution in [1.82, 2.24) is 15.5 Å². The molecule has 2 rings (SSSR count). The van der Waals surface area contributed by atoms with Gasteiger partial charge >= 0.3 is 0 Å². The number of piperazine rings is 1. The first kappa shape index (κ1) is 17.9. The average molecular weight is 333 g/mol. The molecule has 1 saturated heterocycles. The highest BCUT2D eigenvalue weighted by Gasteiger charge is 2.21. The number of nitrogens with zero attached hydrogens (tertiary/aromatic N) is 1. The molecule has 0 saturated carbocycles. The van der Waals surface area contributed by atoms with E-state index in [1.54, 1.807) is 4.90 Å². The topological polar surface area (TPSA) is 82.9 Å². The van der Waals surface area contributed by atoms with Crippen molar-refractivity contribution >= 4 is 17.7 Å². The Morgan fingerprint density at radius 3 is 2.29 bits per heavy atom. The van der Waals surface area contributed by atoms with Gasteiger partial charge in [0.2, 0.25) is 17.7 Å². The van der Waals surface area contributed by atoms with Crippen molar-refractivity contribution in [3.05, 3.63) is 35.9 Å². The van der Waals surface area contributed by atoms with E-state index in [0.717, 1.165) is 18.7 Å². The zero-order valence-corrected chi connectivity index (χ0v) is 14.0. The Kier molecular flexibility index (Phi) is 6.74. The van der Waals surface area contributed by atoms with Gasteiger partial charge in [-0.05, 0) is 5.56 Å². The zero-order valence-electron chi connectivity index (χ0n) is 14.0. The van der Waals surface area contributed by atoms with Gasteiger partial charge in [-0.1, -0.05) is 30.3 Å². The van der Waals surface area contributed by atoms with Gasteiger partial charge in [-0.2, -0.15) is 0 Å². The minimum atomic E-state index is -0.357. The second kappa shape index (κ2) is 9.02. The summed E-state index contributed by atoms with van der Waals surface area (Å²) in [7, 11) is 2.10. The fraction of sp³-hybridized carbons (Fsp3) is 0.471. The number of likely N-dealkylation sites (N-methyl/N-ethyl adjacent to an activating group) is 1. The van der Waals surface area contributed by atoms with E-state index in [4.69, 9.17) is 0 Å². The normalized spacial score (nSPS) is 15.0. The predicted octanol–water partition coefficient (Wildman–Crippen LogP) is -2.18. The number of carbonyl (C=O) groups is 3. The predicted molar refractivity (Wildman–Crippen MR) is 89.4 cm³/mol. The minimum Gasteiger partial charge on any atom is -0.347 e. The molecule has 3 amide bonds. The van der Waals surface area contributed by atoms with Crippen molar-refractivity contribution in [2.75, 3.05) is 46.3 Å². The second-order valence-corrected chi connectivity index (χ2v) is 6.05. The Balaban J connectivity index is 1.62. The zero-order chi connectivity index (χ0) is 17.4. The third-order valence-electron chi connectivity index (χ3n) is 4.06. The minimum absolute atomic E-state index is 0.0214. The van der Waals surface area contributed by atoms with Crippen LogP contribution in [0.2, 0.25) is 0 Å². The molecule has 0 spiro atoms. The van der Waals surface area contributed by atoms with Crippen molar-refractivity contribution in [2.24, 2.45) is 0 Å². The Hall–Kier alpha value is -2.41. The third-order valence-corrected chi connectivity index (χ3v) is 4.06. The van der Waals surface area contributed by atoms with Crippen molar-refractivity contribution in [2.45, 2.75) is 6.42 Å². The Bertz CT molecular complexity index is 568. The van der Waals surface area contributed by atoms with Crippen molar-refractivity contribution < 1.29 is 19.3 Å². The molecule has 0 atom stereocenters. The van der Waals surface area contributed by atoms with Crippen LogP contribution >= 0.6 is 0 Å². The summed E-state index contributed by atoms with van der Waals surface area (Å²) in [5, 5.41) is 5.12. The first-order valence-electron chi connectivity index (χ1n) is 8.21. The first-order chi connectivity index (χ1) is 11.5. The summed E-state index contributed by atoms with van der Waals surface area (Å²) < 4.78 is 0. The Labute approximate surface area is 142 Å². The van der Waals surface area contributed by atoms with Gasteiger partial charge in [-0.25, -0.2) is 0 Å². The molecule has 7 heteroatoms. The number of quaternary nitrogens is 1. The maximum absolute atomic E-state index is 12.0. The lowest BCUT2D eigenvalue weighted by molar-refractivity contribution is -0.883. The van der Waals surface area contributed by atoms with Crippen LogP contribution in [0.3, 0.4) is 0 Å². The molecule has 1 aliphatic rings. The van der Waals surface area contributed by atoms with Gasteiger partial charge in [-0.3, -0.25) is 14.4 Å². The number of carbonyl (C=O) groups excluding carboxylic acids is 3. The molecule has 1 fully saturated rings. The summed E-state index contributed by atoms with van der Waals surface area (Å²) in [6, 6.07) is 9.32. The maximum Gasteiger partial charge on any atom is 0.242 e. The molecule has 0 aromatic heterocycles. The van der Waals surface area contributed by atoms with Crippen LogP contribution in [-0.4, -0.2) is 68.9 Å². The lowest BCUT2D eigenvalue weighted by Crippen LogP contribution is -3.12.